The van der Waals surface area contributed by atoms with Crippen molar-refractivity contribution in [2.75, 3.05) is 25.7 Å². The lowest BCUT2D eigenvalue weighted by atomic mass is 10.7. The summed E-state index contributed by atoms with van der Waals surface area (Å²) in [4.78, 5) is 9.48. The van der Waals surface area contributed by atoms with Gasteiger partial charge in [-0.25, -0.2) is 0 Å². The molecule has 18 heavy (non-hydrogen) atoms. The van der Waals surface area contributed by atoms with Crippen LogP contribution in [-0.4, -0.2) is 30.6 Å². The van der Waals surface area contributed by atoms with Crippen molar-refractivity contribution in [3.05, 3.63) is 38.0 Å². The maximum Gasteiger partial charge on any atom is 0.343 e. The Labute approximate surface area is 107 Å². The summed E-state index contributed by atoms with van der Waals surface area (Å²) in [5, 5.41) is 0. The molecule has 0 heterocycles. The van der Waals surface area contributed by atoms with Crippen LogP contribution >= 0.6 is 15.2 Å². The molecule has 0 aromatic rings. The fourth-order valence-corrected chi connectivity index (χ4v) is 4.69. The summed E-state index contributed by atoms with van der Waals surface area (Å²) in [7, 11) is -7.79. The molecule has 1 atom stereocenters. The van der Waals surface area contributed by atoms with E-state index in [0.717, 1.165) is 0 Å². The SMILES string of the molecule is C=CCOP(=O)(O)CP(=O)(OCC=C)OCC=C. The third kappa shape index (κ3) is 7.77. The minimum Gasteiger partial charge on any atom is -0.324 e. The molecule has 0 bridgehead atoms. The van der Waals surface area contributed by atoms with E-state index in [-0.39, 0.29) is 19.8 Å². The van der Waals surface area contributed by atoms with Crippen molar-refractivity contribution in [2.24, 2.45) is 0 Å². The van der Waals surface area contributed by atoms with Gasteiger partial charge >= 0.3 is 15.2 Å². The predicted molar refractivity (Wildman–Crippen MR) is 70.7 cm³/mol. The third-order valence-electron chi connectivity index (χ3n) is 1.52. The molecule has 0 aliphatic rings. The van der Waals surface area contributed by atoms with Crippen LogP contribution in [-0.2, 0) is 22.7 Å². The van der Waals surface area contributed by atoms with Gasteiger partial charge in [-0.15, -0.1) is 19.7 Å². The zero-order valence-corrected chi connectivity index (χ0v) is 11.9. The lowest BCUT2D eigenvalue weighted by Crippen LogP contribution is -2.03. The van der Waals surface area contributed by atoms with Gasteiger partial charge in [-0.1, -0.05) is 18.2 Å². The molecule has 1 N–H and O–H groups in total. The minimum atomic E-state index is -4.06. The van der Waals surface area contributed by atoms with Crippen LogP contribution in [0.4, 0.5) is 0 Å². The maximum absolute atomic E-state index is 12.1. The van der Waals surface area contributed by atoms with E-state index in [4.69, 9.17) is 9.05 Å². The molecule has 0 rings (SSSR count). The molecule has 0 aliphatic heterocycles. The van der Waals surface area contributed by atoms with Gasteiger partial charge in [-0.3, -0.25) is 9.13 Å². The van der Waals surface area contributed by atoms with Gasteiger partial charge in [0.25, 0.3) is 0 Å². The third-order valence-corrected chi connectivity index (χ3v) is 5.98. The summed E-state index contributed by atoms with van der Waals surface area (Å²) < 4.78 is 38.2. The van der Waals surface area contributed by atoms with E-state index >= 15 is 0 Å². The van der Waals surface area contributed by atoms with Crippen molar-refractivity contribution >= 4 is 15.2 Å². The summed E-state index contributed by atoms with van der Waals surface area (Å²) in [6.07, 6.45) is 4.02. The predicted octanol–water partition coefficient (Wildman–Crippen LogP) is 2.93. The molecule has 0 aliphatic carbocycles. The van der Waals surface area contributed by atoms with Gasteiger partial charge in [-0.2, -0.15) is 0 Å². The van der Waals surface area contributed by atoms with Gasteiger partial charge in [0.05, 0.1) is 19.8 Å². The summed E-state index contributed by atoms with van der Waals surface area (Å²) >= 11 is 0. The summed E-state index contributed by atoms with van der Waals surface area (Å²) in [5.74, 6) is -0.727. The highest BCUT2D eigenvalue weighted by Crippen LogP contribution is 2.61. The van der Waals surface area contributed by atoms with Crippen molar-refractivity contribution in [1.82, 2.24) is 0 Å². The molecule has 0 aromatic carbocycles. The van der Waals surface area contributed by atoms with Gasteiger partial charge in [-0.05, 0) is 0 Å². The number of rotatable bonds is 11. The van der Waals surface area contributed by atoms with Crippen LogP contribution in [0.2, 0.25) is 0 Å². The highest BCUT2D eigenvalue weighted by atomic mass is 31.2. The van der Waals surface area contributed by atoms with Crippen LogP contribution in [0.15, 0.2) is 38.0 Å². The second-order valence-corrected chi connectivity index (χ2v) is 7.55. The van der Waals surface area contributed by atoms with Crippen LogP contribution in [0.3, 0.4) is 0 Å². The van der Waals surface area contributed by atoms with Gasteiger partial charge < -0.3 is 18.5 Å². The first-order valence-electron chi connectivity index (χ1n) is 5.06. The minimum absolute atomic E-state index is 0.0596. The van der Waals surface area contributed by atoms with Crippen molar-refractivity contribution in [3.63, 3.8) is 0 Å². The molecular weight excluding hydrogens is 278 g/mol. The van der Waals surface area contributed by atoms with Crippen molar-refractivity contribution in [1.29, 1.82) is 0 Å². The van der Waals surface area contributed by atoms with Gasteiger partial charge in [0.15, 0.2) is 5.90 Å². The summed E-state index contributed by atoms with van der Waals surface area (Å²) in [5.41, 5.74) is 0. The zero-order chi connectivity index (χ0) is 14.1. The first kappa shape index (κ1) is 17.5. The van der Waals surface area contributed by atoms with Gasteiger partial charge in [0, 0.05) is 0 Å². The molecule has 0 saturated heterocycles. The van der Waals surface area contributed by atoms with Crippen molar-refractivity contribution in [3.8, 4) is 0 Å². The van der Waals surface area contributed by atoms with E-state index in [1.54, 1.807) is 0 Å². The Morgan fingerprint density at radius 1 is 0.889 bits per heavy atom. The lowest BCUT2D eigenvalue weighted by Gasteiger charge is -2.19. The topological polar surface area (TPSA) is 82.1 Å². The average Bonchev–Trinajstić information content (AvgIpc) is 2.31. The Hall–Kier alpha value is -0.480. The molecule has 0 saturated carbocycles. The molecule has 6 nitrogen and oxygen atoms in total. The van der Waals surface area contributed by atoms with Gasteiger partial charge in [0.2, 0.25) is 0 Å². The van der Waals surface area contributed by atoms with Crippen LogP contribution in [0.1, 0.15) is 0 Å². The Morgan fingerprint density at radius 3 is 1.67 bits per heavy atom. The second-order valence-electron chi connectivity index (χ2n) is 3.14. The molecule has 104 valence electrons. The molecule has 8 heteroatoms. The Bertz CT molecular complexity index is 363. The second kappa shape index (κ2) is 8.59. The van der Waals surface area contributed by atoms with Crippen molar-refractivity contribution < 1.29 is 27.6 Å². The smallest absolute Gasteiger partial charge is 0.324 e. The monoisotopic (exact) mass is 296 g/mol. The molecule has 0 fully saturated rings. The first-order chi connectivity index (χ1) is 8.39. The molecule has 0 amide bonds. The van der Waals surface area contributed by atoms with E-state index in [1.807, 2.05) is 0 Å². The highest BCUT2D eigenvalue weighted by molar-refractivity contribution is 7.70. The standard InChI is InChI=1S/C10H18O6P2/c1-4-7-14-17(11,12)10-18(13,15-8-5-2)16-9-6-3/h4-6H,1-3,7-10H2,(H,11,12). The largest absolute Gasteiger partial charge is 0.343 e. The average molecular weight is 296 g/mol. The van der Waals surface area contributed by atoms with E-state index in [2.05, 4.69) is 24.3 Å². The quantitative estimate of drug-likeness (QED) is 0.466. The summed E-state index contributed by atoms with van der Waals surface area (Å²) in [6, 6.07) is 0. The first-order valence-corrected chi connectivity index (χ1v) is 8.55. The van der Waals surface area contributed by atoms with Gasteiger partial charge in [0.1, 0.15) is 0 Å². The molecular formula is C10H18O6P2. The molecule has 0 spiro atoms. The molecule has 0 aromatic heterocycles. The number of hydrogen-bond donors (Lipinski definition) is 1. The number of hydrogen-bond acceptors (Lipinski definition) is 5. The van der Waals surface area contributed by atoms with Crippen LogP contribution in [0.5, 0.6) is 0 Å². The highest BCUT2D eigenvalue weighted by Gasteiger charge is 2.35. The molecule has 1 unspecified atom stereocenters. The normalized spacial score (nSPS) is 14.7. The zero-order valence-electron chi connectivity index (χ0n) is 10.1. The van der Waals surface area contributed by atoms with E-state index in [9.17, 15) is 14.0 Å². The van der Waals surface area contributed by atoms with Crippen LogP contribution in [0, 0.1) is 0 Å². The fourth-order valence-electron chi connectivity index (χ4n) is 0.880. The maximum atomic E-state index is 12.1. The van der Waals surface area contributed by atoms with E-state index < -0.39 is 21.1 Å². The fraction of sp³-hybridized carbons (Fsp3) is 0.400. The molecule has 0 radical (unpaired) electrons. The summed E-state index contributed by atoms with van der Waals surface area (Å²) in [6.45, 7) is 9.88. The Morgan fingerprint density at radius 2 is 1.28 bits per heavy atom. The van der Waals surface area contributed by atoms with Crippen LogP contribution in [0.25, 0.3) is 0 Å². The Kier molecular flexibility index (Phi) is 8.36. The Balaban J connectivity index is 4.69. The van der Waals surface area contributed by atoms with E-state index in [1.165, 1.54) is 18.2 Å². The van der Waals surface area contributed by atoms with Crippen molar-refractivity contribution in [2.45, 2.75) is 0 Å². The lowest BCUT2D eigenvalue weighted by molar-refractivity contribution is 0.235. The van der Waals surface area contributed by atoms with E-state index in [0.29, 0.717) is 0 Å². The van der Waals surface area contributed by atoms with Crippen LogP contribution < -0.4 is 0 Å².